The smallest absolute Gasteiger partial charge is 0.129 e. The van der Waals surface area contributed by atoms with Crippen molar-refractivity contribution in [3.05, 3.63) is 51.2 Å². The zero-order valence-electron chi connectivity index (χ0n) is 9.31. The predicted molar refractivity (Wildman–Crippen MR) is 71.5 cm³/mol. The number of thiophene rings is 1. The minimum atomic E-state index is -0.0670. The first-order valence-electron chi connectivity index (χ1n) is 5.08. The van der Waals surface area contributed by atoms with E-state index in [0.29, 0.717) is 5.02 Å². The van der Waals surface area contributed by atoms with Gasteiger partial charge in [-0.15, -0.1) is 11.3 Å². The van der Waals surface area contributed by atoms with E-state index in [4.69, 9.17) is 22.2 Å². The first-order chi connectivity index (χ1) is 8.24. The van der Waals surface area contributed by atoms with Crippen LogP contribution in [0.3, 0.4) is 0 Å². The summed E-state index contributed by atoms with van der Waals surface area (Å²) in [5, 5.41) is 2.65. The van der Waals surface area contributed by atoms with Crippen molar-refractivity contribution in [3.8, 4) is 5.75 Å². The number of nitrogens with two attached hydrogens (primary N) is 1. The highest BCUT2D eigenvalue weighted by molar-refractivity contribution is 7.10. The van der Waals surface area contributed by atoms with Crippen molar-refractivity contribution in [3.63, 3.8) is 0 Å². The fourth-order valence-electron chi connectivity index (χ4n) is 1.62. The molecule has 0 amide bonds. The first kappa shape index (κ1) is 12.4. The van der Waals surface area contributed by atoms with E-state index in [9.17, 15) is 0 Å². The molecule has 0 bridgehead atoms. The van der Waals surface area contributed by atoms with Crippen molar-refractivity contribution in [2.45, 2.75) is 6.04 Å². The lowest BCUT2D eigenvalue weighted by Crippen LogP contribution is -2.28. The van der Waals surface area contributed by atoms with Gasteiger partial charge in [-0.3, -0.25) is 5.84 Å². The average molecular weight is 269 g/mol. The number of hydrogen-bond donors (Lipinski definition) is 2. The number of nitrogens with one attached hydrogen (secondary N) is 1. The quantitative estimate of drug-likeness (QED) is 0.662. The number of halogens is 1. The number of benzene rings is 1. The van der Waals surface area contributed by atoms with Gasteiger partial charge in [-0.25, -0.2) is 5.43 Å². The van der Waals surface area contributed by atoms with Crippen molar-refractivity contribution >= 4 is 22.9 Å². The highest BCUT2D eigenvalue weighted by Crippen LogP contribution is 2.31. The maximum Gasteiger partial charge on any atom is 0.129 e. The monoisotopic (exact) mass is 268 g/mol. The number of hydrogen-bond acceptors (Lipinski definition) is 4. The van der Waals surface area contributed by atoms with Crippen LogP contribution in [-0.4, -0.2) is 7.11 Å². The largest absolute Gasteiger partial charge is 0.496 e. The lowest BCUT2D eigenvalue weighted by atomic mass is 10.1. The van der Waals surface area contributed by atoms with Gasteiger partial charge in [-0.1, -0.05) is 23.7 Å². The zero-order valence-corrected chi connectivity index (χ0v) is 10.9. The van der Waals surface area contributed by atoms with Gasteiger partial charge in [-0.05, 0) is 23.8 Å². The summed E-state index contributed by atoms with van der Waals surface area (Å²) < 4.78 is 5.16. The molecule has 90 valence electrons. The molecule has 0 aliphatic carbocycles. The van der Waals surface area contributed by atoms with Crippen LogP contribution in [0.2, 0.25) is 5.02 Å². The Morgan fingerprint density at radius 3 is 2.82 bits per heavy atom. The van der Waals surface area contributed by atoms with E-state index in [1.807, 2.05) is 35.7 Å². The molecule has 1 heterocycles. The highest BCUT2D eigenvalue weighted by Gasteiger charge is 2.15. The molecule has 17 heavy (non-hydrogen) atoms. The Hall–Kier alpha value is -1.07. The van der Waals surface area contributed by atoms with Gasteiger partial charge in [0.05, 0.1) is 13.2 Å². The number of rotatable bonds is 4. The number of ether oxygens (including phenoxy) is 1. The third-order valence-electron chi connectivity index (χ3n) is 2.46. The molecule has 1 atom stereocenters. The van der Waals surface area contributed by atoms with Crippen LogP contribution in [0, 0.1) is 0 Å². The second kappa shape index (κ2) is 5.51. The Bertz CT molecular complexity index is 501. The number of hydrazine groups is 1. The average Bonchev–Trinajstić information content (AvgIpc) is 2.79. The summed E-state index contributed by atoms with van der Waals surface area (Å²) in [7, 11) is 1.65. The summed E-state index contributed by atoms with van der Waals surface area (Å²) >= 11 is 7.57. The Balaban J connectivity index is 2.33. The summed E-state index contributed by atoms with van der Waals surface area (Å²) in [6.45, 7) is 0. The summed E-state index contributed by atoms with van der Waals surface area (Å²) in [5.41, 5.74) is 3.83. The summed E-state index contributed by atoms with van der Waals surface area (Å²) in [4.78, 5) is 1.09. The van der Waals surface area contributed by atoms with Crippen LogP contribution >= 0.6 is 22.9 Å². The Labute approximate surface area is 109 Å². The minimum absolute atomic E-state index is 0.0670. The molecule has 0 aliphatic heterocycles. The summed E-state index contributed by atoms with van der Waals surface area (Å²) in [6.07, 6.45) is 0. The Morgan fingerprint density at radius 2 is 2.24 bits per heavy atom. The molecule has 3 nitrogen and oxygen atoms in total. The fourth-order valence-corrected chi connectivity index (χ4v) is 2.76. The Kier molecular flexibility index (Phi) is 4.02. The lowest BCUT2D eigenvalue weighted by Gasteiger charge is -2.14. The van der Waals surface area contributed by atoms with Crippen LogP contribution in [0.15, 0.2) is 35.7 Å². The fraction of sp³-hybridized carbons (Fsp3) is 0.167. The van der Waals surface area contributed by atoms with E-state index >= 15 is 0 Å². The van der Waals surface area contributed by atoms with Gasteiger partial charge in [0, 0.05) is 15.3 Å². The summed E-state index contributed by atoms with van der Waals surface area (Å²) in [5.74, 6) is 6.45. The third kappa shape index (κ3) is 2.79. The molecular weight excluding hydrogens is 256 g/mol. The molecule has 5 heteroatoms. The van der Waals surface area contributed by atoms with E-state index in [1.54, 1.807) is 18.4 Å². The van der Waals surface area contributed by atoms with Gasteiger partial charge in [-0.2, -0.15) is 0 Å². The van der Waals surface area contributed by atoms with E-state index in [-0.39, 0.29) is 6.04 Å². The van der Waals surface area contributed by atoms with Crippen LogP contribution in [0.25, 0.3) is 0 Å². The predicted octanol–water partition coefficient (Wildman–Crippen LogP) is 2.96. The molecule has 2 aromatic rings. The molecule has 1 unspecified atom stereocenters. The SMILES string of the molecule is COc1csc(C(NN)c2cccc(Cl)c2)c1. The maximum absolute atomic E-state index is 5.98. The minimum Gasteiger partial charge on any atom is -0.496 e. The molecule has 0 spiro atoms. The van der Waals surface area contributed by atoms with Crippen molar-refractivity contribution in [2.75, 3.05) is 7.11 Å². The second-order valence-electron chi connectivity index (χ2n) is 3.54. The molecule has 0 radical (unpaired) electrons. The standard InChI is InChI=1S/C12H13ClN2OS/c1-16-10-6-11(17-7-10)12(15-14)8-3-2-4-9(13)5-8/h2-7,12,15H,14H2,1H3. The third-order valence-corrected chi connectivity index (χ3v) is 3.68. The molecule has 0 fully saturated rings. The van der Waals surface area contributed by atoms with Crippen LogP contribution in [0.4, 0.5) is 0 Å². The van der Waals surface area contributed by atoms with E-state index in [2.05, 4.69) is 5.43 Å². The molecule has 3 N–H and O–H groups in total. The van der Waals surface area contributed by atoms with Crippen LogP contribution in [0.5, 0.6) is 5.75 Å². The molecule has 1 aromatic heterocycles. The first-order valence-corrected chi connectivity index (χ1v) is 6.34. The van der Waals surface area contributed by atoms with Crippen LogP contribution < -0.4 is 16.0 Å². The molecule has 0 aliphatic rings. The Morgan fingerprint density at radius 1 is 1.41 bits per heavy atom. The second-order valence-corrected chi connectivity index (χ2v) is 4.92. The van der Waals surface area contributed by atoms with E-state index < -0.39 is 0 Å². The van der Waals surface area contributed by atoms with Crippen molar-refractivity contribution in [1.29, 1.82) is 0 Å². The van der Waals surface area contributed by atoms with Crippen molar-refractivity contribution < 1.29 is 4.74 Å². The van der Waals surface area contributed by atoms with Gasteiger partial charge in [0.25, 0.3) is 0 Å². The molecule has 0 saturated carbocycles. The van der Waals surface area contributed by atoms with E-state index in [0.717, 1.165) is 16.2 Å². The van der Waals surface area contributed by atoms with Crippen LogP contribution in [-0.2, 0) is 0 Å². The summed E-state index contributed by atoms with van der Waals surface area (Å²) in [6, 6.07) is 9.54. The molecular formula is C12H13ClN2OS. The van der Waals surface area contributed by atoms with Gasteiger partial charge in [0.2, 0.25) is 0 Å². The normalized spacial score (nSPS) is 12.4. The number of methoxy groups -OCH3 is 1. The zero-order chi connectivity index (χ0) is 12.3. The van der Waals surface area contributed by atoms with Gasteiger partial charge >= 0.3 is 0 Å². The van der Waals surface area contributed by atoms with Crippen molar-refractivity contribution in [2.24, 2.45) is 5.84 Å². The van der Waals surface area contributed by atoms with E-state index in [1.165, 1.54) is 0 Å². The van der Waals surface area contributed by atoms with Crippen LogP contribution in [0.1, 0.15) is 16.5 Å². The topological polar surface area (TPSA) is 47.3 Å². The van der Waals surface area contributed by atoms with Crippen molar-refractivity contribution in [1.82, 2.24) is 5.43 Å². The van der Waals surface area contributed by atoms with Gasteiger partial charge < -0.3 is 4.74 Å². The maximum atomic E-state index is 5.98. The molecule has 1 aromatic carbocycles. The lowest BCUT2D eigenvalue weighted by molar-refractivity contribution is 0.416. The van der Waals surface area contributed by atoms with Gasteiger partial charge in [0.15, 0.2) is 0 Å². The molecule has 2 rings (SSSR count). The highest BCUT2D eigenvalue weighted by atomic mass is 35.5. The van der Waals surface area contributed by atoms with Gasteiger partial charge in [0.1, 0.15) is 5.75 Å². The molecule has 0 saturated heterocycles.